The molecule has 1 N–H and O–H groups in total. The molecule has 2 aromatic rings. The zero-order valence-corrected chi connectivity index (χ0v) is 17.7. The molecule has 3 rings (SSSR count). The summed E-state index contributed by atoms with van der Waals surface area (Å²) in [5, 5.41) is 15.6. The largest absolute Gasteiger partial charge is 0.435 e. The van der Waals surface area contributed by atoms with Gasteiger partial charge in [0.2, 0.25) is 10.0 Å². The Morgan fingerprint density at radius 2 is 1.88 bits per heavy atom. The fourth-order valence-electron chi connectivity index (χ4n) is 2.94. The van der Waals surface area contributed by atoms with Gasteiger partial charge in [0.05, 0.1) is 28.7 Å². The van der Waals surface area contributed by atoms with Gasteiger partial charge in [-0.25, -0.2) is 8.42 Å². The summed E-state index contributed by atoms with van der Waals surface area (Å²) in [5.74, 6) is -0.0165. The average molecular weight is 470 g/mol. The molecule has 172 valence electrons. The minimum absolute atomic E-state index is 0.00655. The third-order valence-corrected chi connectivity index (χ3v) is 6.51. The van der Waals surface area contributed by atoms with Gasteiger partial charge in [-0.2, -0.15) is 18.2 Å². The Hall–Kier alpha value is -3.16. The highest BCUT2D eigenvalue weighted by molar-refractivity contribution is 7.89. The van der Waals surface area contributed by atoms with Crippen LogP contribution in [0.3, 0.4) is 0 Å². The van der Waals surface area contributed by atoms with Crippen molar-refractivity contribution in [2.24, 2.45) is 5.10 Å². The van der Waals surface area contributed by atoms with Crippen molar-refractivity contribution in [2.45, 2.75) is 18.4 Å². The molecule has 1 fully saturated rings. The molecule has 32 heavy (non-hydrogen) atoms. The van der Waals surface area contributed by atoms with Gasteiger partial charge in [-0.15, -0.1) is 0 Å². The van der Waals surface area contributed by atoms with E-state index in [0.717, 1.165) is 6.07 Å². The van der Waals surface area contributed by atoms with Gasteiger partial charge in [0, 0.05) is 19.2 Å². The highest BCUT2D eigenvalue weighted by Gasteiger charge is 2.28. The molecule has 0 atom stereocenters. The number of halogens is 2. The smallest absolute Gasteiger partial charge is 0.387 e. The Morgan fingerprint density at radius 1 is 1.22 bits per heavy atom. The van der Waals surface area contributed by atoms with E-state index in [-0.39, 0.29) is 42.6 Å². The molecule has 0 bridgehead atoms. The Morgan fingerprint density at radius 3 is 2.47 bits per heavy atom. The number of rotatable bonds is 8. The molecule has 1 heterocycles. The van der Waals surface area contributed by atoms with E-state index >= 15 is 0 Å². The lowest BCUT2D eigenvalue weighted by Crippen LogP contribution is -2.40. The first-order chi connectivity index (χ1) is 15.2. The molecule has 0 aromatic heterocycles. The number of hydrogen-bond donors (Lipinski definition) is 1. The molecule has 13 heteroatoms. The number of nitrogens with one attached hydrogen (secondary N) is 1. The first kappa shape index (κ1) is 23.5. The summed E-state index contributed by atoms with van der Waals surface area (Å²) in [6.45, 7) is -0.484. The summed E-state index contributed by atoms with van der Waals surface area (Å²) < 4.78 is 60.6. The molecule has 1 aliphatic heterocycles. The molecule has 0 radical (unpaired) electrons. The summed E-state index contributed by atoms with van der Waals surface area (Å²) >= 11 is 0. The highest BCUT2D eigenvalue weighted by Crippen LogP contribution is 2.29. The van der Waals surface area contributed by atoms with Crippen LogP contribution in [0.25, 0.3) is 0 Å². The number of ether oxygens (including phenoxy) is 2. The van der Waals surface area contributed by atoms with E-state index in [1.54, 1.807) is 6.92 Å². The SMILES string of the molecule is C/C(=N\Nc1ccc(S(=O)(=O)N2CCOCC2)cc1[N+](=O)[O-])c1ccc(OC(F)F)cc1. The fraction of sp³-hybridized carbons (Fsp3) is 0.316. The highest BCUT2D eigenvalue weighted by atomic mass is 32.2. The van der Waals surface area contributed by atoms with Gasteiger partial charge >= 0.3 is 6.61 Å². The average Bonchev–Trinajstić information content (AvgIpc) is 2.78. The number of benzene rings is 2. The van der Waals surface area contributed by atoms with Crippen LogP contribution in [-0.4, -0.2) is 56.3 Å². The van der Waals surface area contributed by atoms with Crippen molar-refractivity contribution in [1.29, 1.82) is 0 Å². The summed E-state index contributed by atoms with van der Waals surface area (Å²) in [4.78, 5) is 10.6. The lowest BCUT2D eigenvalue weighted by atomic mass is 10.1. The van der Waals surface area contributed by atoms with Crippen LogP contribution in [0.1, 0.15) is 12.5 Å². The van der Waals surface area contributed by atoms with Gasteiger partial charge in [-0.1, -0.05) is 0 Å². The molecule has 2 aromatic carbocycles. The predicted molar refractivity (Wildman–Crippen MR) is 112 cm³/mol. The number of morpholine rings is 1. The standard InChI is InChI=1S/C19H20F2N4O6S/c1-13(14-2-4-15(5-3-14)31-19(20)21)22-23-17-7-6-16(12-18(17)25(26)27)32(28,29)24-8-10-30-11-9-24/h2-7,12,19,23H,8-11H2,1H3/b22-13+. The Bertz CT molecular complexity index is 1100. The number of nitro benzene ring substituents is 1. The molecule has 10 nitrogen and oxygen atoms in total. The lowest BCUT2D eigenvalue weighted by molar-refractivity contribution is -0.384. The van der Waals surface area contributed by atoms with Gasteiger partial charge in [0.25, 0.3) is 5.69 Å². The van der Waals surface area contributed by atoms with Crippen molar-refractivity contribution < 1.29 is 31.6 Å². The Kier molecular flexibility index (Phi) is 7.33. The maximum Gasteiger partial charge on any atom is 0.387 e. The number of hydrogen-bond acceptors (Lipinski definition) is 8. The number of hydrazone groups is 1. The summed E-state index contributed by atoms with van der Waals surface area (Å²) in [6, 6.07) is 9.20. The maximum atomic E-state index is 12.8. The molecule has 1 aliphatic rings. The van der Waals surface area contributed by atoms with Gasteiger partial charge < -0.3 is 9.47 Å². The number of sulfonamides is 1. The second-order valence-corrected chi connectivity index (χ2v) is 8.60. The van der Waals surface area contributed by atoms with E-state index in [2.05, 4.69) is 15.3 Å². The Labute approximate surface area is 182 Å². The van der Waals surface area contributed by atoms with Crippen LogP contribution in [0.4, 0.5) is 20.2 Å². The van der Waals surface area contributed by atoms with Crippen molar-refractivity contribution in [3.63, 3.8) is 0 Å². The number of nitrogens with zero attached hydrogens (tertiary/aromatic N) is 3. The van der Waals surface area contributed by atoms with E-state index in [9.17, 15) is 27.3 Å². The molecule has 0 saturated carbocycles. The van der Waals surface area contributed by atoms with E-state index < -0.39 is 27.2 Å². The van der Waals surface area contributed by atoms with Crippen LogP contribution >= 0.6 is 0 Å². The number of alkyl halides is 2. The Balaban J connectivity index is 1.81. The first-order valence-corrected chi connectivity index (χ1v) is 10.8. The van der Waals surface area contributed by atoms with Gasteiger partial charge in [-0.3, -0.25) is 15.5 Å². The van der Waals surface area contributed by atoms with Crippen LogP contribution in [0.5, 0.6) is 5.75 Å². The van der Waals surface area contributed by atoms with Crippen LogP contribution in [0.15, 0.2) is 52.5 Å². The third kappa shape index (κ3) is 5.55. The van der Waals surface area contributed by atoms with Crippen molar-refractivity contribution in [3.05, 3.63) is 58.1 Å². The maximum absolute atomic E-state index is 12.8. The monoisotopic (exact) mass is 470 g/mol. The third-order valence-electron chi connectivity index (χ3n) is 4.62. The van der Waals surface area contributed by atoms with E-state index in [1.807, 2.05) is 0 Å². The molecular weight excluding hydrogens is 450 g/mol. The number of nitro groups is 1. The zero-order valence-electron chi connectivity index (χ0n) is 16.9. The lowest BCUT2D eigenvalue weighted by Gasteiger charge is -2.26. The second-order valence-electron chi connectivity index (χ2n) is 6.66. The van der Waals surface area contributed by atoms with Crippen LogP contribution in [-0.2, 0) is 14.8 Å². The fourth-order valence-corrected chi connectivity index (χ4v) is 4.37. The van der Waals surface area contributed by atoms with Crippen LogP contribution in [0.2, 0.25) is 0 Å². The van der Waals surface area contributed by atoms with Crippen molar-refractivity contribution in [3.8, 4) is 5.75 Å². The summed E-state index contributed by atoms with van der Waals surface area (Å²) in [7, 11) is -3.90. The minimum Gasteiger partial charge on any atom is -0.435 e. The van der Waals surface area contributed by atoms with E-state index in [0.29, 0.717) is 11.3 Å². The molecule has 1 saturated heterocycles. The zero-order chi connectivity index (χ0) is 23.3. The summed E-state index contributed by atoms with van der Waals surface area (Å²) in [6.07, 6.45) is 0. The second kappa shape index (κ2) is 9.97. The van der Waals surface area contributed by atoms with Gasteiger partial charge in [-0.05, 0) is 48.9 Å². The molecule has 0 spiro atoms. The van der Waals surface area contributed by atoms with E-state index in [4.69, 9.17) is 4.74 Å². The minimum atomic E-state index is -3.90. The first-order valence-electron chi connectivity index (χ1n) is 9.40. The molecular formula is C19H20F2N4O6S. The van der Waals surface area contributed by atoms with Crippen molar-refractivity contribution >= 4 is 27.1 Å². The molecule has 0 aliphatic carbocycles. The van der Waals surface area contributed by atoms with Crippen molar-refractivity contribution in [2.75, 3.05) is 31.7 Å². The topological polar surface area (TPSA) is 123 Å². The van der Waals surface area contributed by atoms with Gasteiger partial charge in [0.15, 0.2) is 0 Å². The normalized spacial score (nSPS) is 15.6. The molecule has 0 amide bonds. The van der Waals surface area contributed by atoms with Crippen LogP contribution in [0, 0.1) is 10.1 Å². The predicted octanol–water partition coefficient (Wildman–Crippen LogP) is 3.05. The van der Waals surface area contributed by atoms with Crippen LogP contribution < -0.4 is 10.2 Å². The van der Waals surface area contributed by atoms with Crippen molar-refractivity contribution in [1.82, 2.24) is 4.31 Å². The van der Waals surface area contributed by atoms with E-state index in [1.165, 1.54) is 40.7 Å². The van der Waals surface area contributed by atoms with Gasteiger partial charge in [0.1, 0.15) is 11.4 Å². The number of anilines is 1. The molecule has 0 unspecified atom stereocenters. The quantitative estimate of drug-likeness (QED) is 0.357. The summed E-state index contributed by atoms with van der Waals surface area (Å²) in [5.41, 5.74) is 3.07.